The number of carboxylic acids is 1. The van der Waals surface area contributed by atoms with Gasteiger partial charge in [0, 0.05) is 6.54 Å². The van der Waals surface area contributed by atoms with E-state index >= 15 is 0 Å². The van der Waals surface area contributed by atoms with E-state index in [0.29, 0.717) is 24.5 Å². The number of likely N-dealkylation sites (tertiary alicyclic amines) is 1. The molecule has 2 unspecified atom stereocenters. The van der Waals surface area contributed by atoms with E-state index in [0.717, 1.165) is 24.1 Å². The molecule has 27 heavy (non-hydrogen) atoms. The minimum Gasteiger partial charge on any atom is -0.493 e. The molecule has 1 aliphatic heterocycles. The van der Waals surface area contributed by atoms with Gasteiger partial charge in [-0.1, -0.05) is 0 Å². The molecule has 1 aromatic rings. The van der Waals surface area contributed by atoms with Crippen molar-refractivity contribution >= 4 is 24.3 Å². The molecule has 2 rings (SSSR count). The van der Waals surface area contributed by atoms with E-state index < -0.39 is 5.97 Å². The number of carboxylic acid groups (broad SMARTS) is 1. The summed E-state index contributed by atoms with van der Waals surface area (Å²) in [5.74, 6) is -0.0148. The first-order chi connectivity index (χ1) is 12.3. The van der Waals surface area contributed by atoms with Gasteiger partial charge in [0.1, 0.15) is 0 Å². The largest absolute Gasteiger partial charge is 0.493 e. The molecule has 1 aliphatic rings. The molecule has 1 aromatic carbocycles. The van der Waals surface area contributed by atoms with Crippen LogP contribution in [-0.4, -0.2) is 55.7 Å². The smallest absolute Gasteiger partial charge is 0.307 e. The Hall–Kier alpha value is -1.99. The third kappa shape index (κ3) is 6.01. The van der Waals surface area contributed by atoms with Crippen LogP contribution in [0.4, 0.5) is 0 Å². The minimum absolute atomic E-state index is 0. The maximum Gasteiger partial charge on any atom is 0.307 e. The zero-order chi connectivity index (χ0) is 19.3. The van der Waals surface area contributed by atoms with E-state index in [-0.39, 0.29) is 36.8 Å². The highest BCUT2D eigenvalue weighted by Gasteiger charge is 2.26. The molecule has 1 saturated heterocycles. The van der Waals surface area contributed by atoms with Crippen LogP contribution >= 0.6 is 12.4 Å². The predicted molar refractivity (Wildman–Crippen MR) is 105 cm³/mol. The Morgan fingerprint density at radius 2 is 1.93 bits per heavy atom. The summed E-state index contributed by atoms with van der Waals surface area (Å²) in [6.45, 7) is 5.26. The number of benzene rings is 1. The van der Waals surface area contributed by atoms with Crippen molar-refractivity contribution < 1.29 is 24.2 Å². The fourth-order valence-electron chi connectivity index (χ4n) is 3.43. The molecule has 0 spiro atoms. The Bertz CT molecular complexity index is 668. The van der Waals surface area contributed by atoms with Gasteiger partial charge in [-0.3, -0.25) is 14.5 Å². The van der Waals surface area contributed by atoms with Crippen molar-refractivity contribution in [2.75, 3.05) is 33.9 Å². The minimum atomic E-state index is -0.788. The first-order valence-electron chi connectivity index (χ1n) is 8.82. The summed E-state index contributed by atoms with van der Waals surface area (Å²) in [5.41, 5.74) is 1.96. The number of carbonyl (C=O) groups excluding carboxylic acids is 1. The standard InChI is InChI=1S/C19H28N2O5.ClH/c1-12-8-16(25-3)17(26-4)9-15(12)13(2)20-18(22)11-21-7-5-6-14(10-21)19(23)24;/h8-9,13-14H,5-7,10-11H2,1-4H3,(H,20,22)(H,23,24);1H. The highest BCUT2D eigenvalue weighted by molar-refractivity contribution is 5.85. The Balaban J connectivity index is 0.00000364. The molecule has 2 atom stereocenters. The normalized spacial score (nSPS) is 18.1. The molecular formula is C19H29ClN2O5. The van der Waals surface area contributed by atoms with Crippen LogP contribution in [0.2, 0.25) is 0 Å². The molecule has 1 fully saturated rings. The van der Waals surface area contributed by atoms with Crippen LogP contribution in [0, 0.1) is 12.8 Å². The Labute approximate surface area is 166 Å². The van der Waals surface area contributed by atoms with Crippen molar-refractivity contribution in [2.45, 2.75) is 32.7 Å². The lowest BCUT2D eigenvalue weighted by atomic mass is 9.98. The molecule has 7 nitrogen and oxygen atoms in total. The molecule has 2 N–H and O–H groups in total. The molecule has 0 saturated carbocycles. The number of halogens is 1. The molecule has 0 radical (unpaired) electrons. The number of rotatable bonds is 7. The van der Waals surface area contributed by atoms with Gasteiger partial charge < -0.3 is 19.9 Å². The first-order valence-corrected chi connectivity index (χ1v) is 8.82. The van der Waals surface area contributed by atoms with Crippen molar-refractivity contribution in [3.63, 3.8) is 0 Å². The number of carbonyl (C=O) groups is 2. The third-order valence-electron chi connectivity index (χ3n) is 4.84. The highest BCUT2D eigenvalue weighted by atomic mass is 35.5. The van der Waals surface area contributed by atoms with E-state index in [1.54, 1.807) is 14.2 Å². The second kappa shape index (κ2) is 10.4. The second-order valence-electron chi connectivity index (χ2n) is 6.77. The summed E-state index contributed by atoms with van der Waals surface area (Å²) in [4.78, 5) is 25.5. The number of methoxy groups -OCH3 is 2. The molecule has 1 amide bonds. The average molecular weight is 401 g/mol. The molecular weight excluding hydrogens is 372 g/mol. The molecule has 0 bridgehead atoms. The lowest BCUT2D eigenvalue weighted by molar-refractivity contribution is -0.144. The number of amides is 1. The van der Waals surface area contributed by atoms with E-state index in [1.807, 2.05) is 30.9 Å². The van der Waals surface area contributed by atoms with Gasteiger partial charge in [-0.2, -0.15) is 0 Å². The molecule has 0 aromatic heterocycles. The van der Waals surface area contributed by atoms with Crippen LogP contribution in [-0.2, 0) is 9.59 Å². The number of nitrogens with zero attached hydrogens (tertiary/aromatic N) is 1. The lowest BCUT2D eigenvalue weighted by Gasteiger charge is -2.30. The van der Waals surface area contributed by atoms with E-state index in [1.165, 1.54) is 0 Å². The topological polar surface area (TPSA) is 88.1 Å². The summed E-state index contributed by atoms with van der Waals surface area (Å²) >= 11 is 0. The van der Waals surface area contributed by atoms with Crippen LogP contribution in [0.5, 0.6) is 11.5 Å². The van der Waals surface area contributed by atoms with Gasteiger partial charge in [0.05, 0.1) is 32.7 Å². The zero-order valence-corrected chi connectivity index (χ0v) is 17.1. The number of hydrogen-bond donors (Lipinski definition) is 2. The van der Waals surface area contributed by atoms with Crippen LogP contribution in [0.15, 0.2) is 12.1 Å². The Kier molecular flexibility index (Phi) is 8.85. The molecule has 8 heteroatoms. The van der Waals surface area contributed by atoms with Crippen molar-refractivity contribution in [3.05, 3.63) is 23.3 Å². The van der Waals surface area contributed by atoms with Gasteiger partial charge >= 0.3 is 5.97 Å². The van der Waals surface area contributed by atoms with Crippen molar-refractivity contribution in [2.24, 2.45) is 5.92 Å². The van der Waals surface area contributed by atoms with Gasteiger partial charge in [0.2, 0.25) is 5.91 Å². The van der Waals surface area contributed by atoms with E-state index in [4.69, 9.17) is 14.6 Å². The van der Waals surface area contributed by atoms with Crippen LogP contribution in [0.25, 0.3) is 0 Å². The first kappa shape index (κ1) is 23.0. The fourth-order valence-corrected chi connectivity index (χ4v) is 3.43. The highest BCUT2D eigenvalue weighted by Crippen LogP contribution is 2.32. The number of hydrogen-bond acceptors (Lipinski definition) is 5. The van der Waals surface area contributed by atoms with E-state index in [9.17, 15) is 9.59 Å². The summed E-state index contributed by atoms with van der Waals surface area (Å²) in [5, 5.41) is 12.2. The fraction of sp³-hybridized carbons (Fsp3) is 0.579. The van der Waals surface area contributed by atoms with Gasteiger partial charge in [0.15, 0.2) is 11.5 Å². The summed E-state index contributed by atoms with van der Waals surface area (Å²) in [6.07, 6.45) is 1.48. The van der Waals surface area contributed by atoms with Crippen LogP contribution in [0.1, 0.15) is 36.9 Å². The SMILES string of the molecule is COc1cc(C)c(C(C)NC(=O)CN2CCCC(C(=O)O)C2)cc1OC.Cl. The molecule has 152 valence electrons. The summed E-state index contributed by atoms with van der Waals surface area (Å²) in [6, 6.07) is 3.57. The lowest BCUT2D eigenvalue weighted by Crippen LogP contribution is -2.44. The number of aryl methyl sites for hydroxylation is 1. The number of piperidine rings is 1. The maximum atomic E-state index is 12.4. The second-order valence-corrected chi connectivity index (χ2v) is 6.77. The Morgan fingerprint density at radius 3 is 2.52 bits per heavy atom. The van der Waals surface area contributed by atoms with Gasteiger partial charge in [0.25, 0.3) is 0 Å². The third-order valence-corrected chi connectivity index (χ3v) is 4.84. The number of aliphatic carboxylic acids is 1. The van der Waals surface area contributed by atoms with Crippen LogP contribution in [0.3, 0.4) is 0 Å². The summed E-state index contributed by atoms with van der Waals surface area (Å²) < 4.78 is 10.6. The monoisotopic (exact) mass is 400 g/mol. The molecule has 1 heterocycles. The number of ether oxygens (including phenoxy) is 2. The van der Waals surface area contributed by atoms with Gasteiger partial charge in [-0.25, -0.2) is 0 Å². The summed E-state index contributed by atoms with van der Waals surface area (Å²) in [7, 11) is 3.17. The average Bonchev–Trinajstić information content (AvgIpc) is 2.61. The maximum absolute atomic E-state index is 12.4. The Morgan fingerprint density at radius 1 is 1.30 bits per heavy atom. The molecule has 0 aliphatic carbocycles. The predicted octanol–water partition coefficient (Wildman–Crippen LogP) is 2.41. The quantitative estimate of drug-likeness (QED) is 0.730. The van der Waals surface area contributed by atoms with Crippen molar-refractivity contribution in [1.29, 1.82) is 0 Å². The van der Waals surface area contributed by atoms with Crippen molar-refractivity contribution in [1.82, 2.24) is 10.2 Å². The van der Waals surface area contributed by atoms with Crippen LogP contribution < -0.4 is 14.8 Å². The van der Waals surface area contributed by atoms with Crippen molar-refractivity contribution in [3.8, 4) is 11.5 Å². The van der Waals surface area contributed by atoms with E-state index in [2.05, 4.69) is 5.32 Å². The van der Waals surface area contributed by atoms with Gasteiger partial charge in [-0.15, -0.1) is 12.4 Å². The number of nitrogens with one attached hydrogen (secondary N) is 1. The zero-order valence-electron chi connectivity index (χ0n) is 16.3. The van der Waals surface area contributed by atoms with Gasteiger partial charge in [-0.05, 0) is 56.5 Å².